The van der Waals surface area contributed by atoms with Crippen LogP contribution in [-0.4, -0.2) is 20.9 Å². The van der Waals surface area contributed by atoms with Gasteiger partial charge in [-0.25, -0.2) is 4.79 Å². The van der Waals surface area contributed by atoms with Crippen LogP contribution in [0, 0.1) is 6.92 Å². The lowest BCUT2D eigenvalue weighted by molar-refractivity contribution is -0.137. The summed E-state index contributed by atoms with van der Waals surface area (Å²) in [5, 5.41) is 0. The minimum Gasteiger partial charge on any atom is -0.463 e. The fourth-order valence-corrected chi connectivity index (χ4v) is 9.22. The molecular formula is C20H34O4Si. The number of esters is 1. The van der Waals surface area contributed by atoms with Crippen LogP contribution in [0.2, 0.25) is 16.6 Å². The number of aryl methyl sites for hydroxylation is 1. The van der Waals surface area contributed by atoms with Crippen molar-refractivity contribution in [2.45, 2.75) is 78.6 Å². The summed E-state index contributed by atoms with van der Waals surface area (Å²) in [6.07, 6.45) is 3.04. The van der Waals surface area contributed by atoms with E-state index in [9.17, 15) is 4.79 Å². The van der Waals surface area contributed by atoms with Crippen molar-refractivity contribution in [2.24, 2.45) is 0 Å². The minimum atomic E-state index is -1.90. The zero-order chi connectivity index (χ0) is 19.2. The molecule has 0 N–H and O–H groups in total. The molecule has 0 unspecified atom stereocenters. The van der Waals surface area contributed by atoms with E-state index in [1.54, 1.807) is 13.0 Å². The highest BCUT2D eigenvalue weighted by molar-refractivity contribution is 6.77. The van der Waals surface area contributed by atoms with E-state index in [0.717, 1.165) is 11.3 Å². The maximum atomic E-state index is 11.4. The lowest BCUT2D eigenvalue weighted by Crippen LogP contribution is -2.47. The third-order valence-corrected chi connectivity index (χ3v) is 11.0. The largest absolute Gasteiger partial charge is 0.463 e. The normalized spacial score (nSPS) is 12.8. The lowest BCUT2D eigenvalue weighted by Gasteiger charge is -2.42. The molecule has 1 rings (SSSR count). The first kappa shape index (κ1) is 21.7. The lowest BCUT2D eigenvalue weighted by atomic mass is 10.2. The predicted molar refractivity (Wildman–Crippen MR) is 105 cm³/mol. The molecule has 0 spiro atoms. The van der Waals surface area contributed by atoms with Gasteiger partial charge in [-0.05, 0) is 42.6 Å². The molecule has 5 heteroatoms. The second-order valence-electron chi connectivity index (χ2n) is 7.42. The molecule has 25 heavy (non-hydrogen) atoms. The van der Waals surface area contributed by atoms with Crippen molar-refractivity contribution in [3.8, 4) is 0 Å². The molecule has 1 aromatic rings. The zero-order valence-corrected chi connectivity index (χ0v) is 18.0. The molecule has 0 bridgehead atoms. The van der Waals surface area contributed by atoms with Gasteiger partial charge in [-0.1, -0.05) is 41.5 Å². The van der Waals surface area contributed by atoms with Gasteiger partial charge in [-0.2, -0.15) is 0 Å². The Labute approximate surface area is 153 Å². The van der Waals surface area contributed by atoms with Crippen molar-refractivity contribution in [2.75, 3.05) is 6.61 Å². The van der Waals surface area contributed by atoms with Crippen molar-refractivity contribution >= 4 is 20.4 Å². The van der Waals surface area contributed by atoms with Crippen molar-refractivity contribution in [3.63, 3.8) is 0 Å². The van der Waals surface area contributed by atoms with Gasteiger partial charge in [0, 0.05) is 11.6 Å². The molecule has 1 heterocycles. The van der Waals surface area contributed by atoms with Gasteiger partial charge in [0.1, 0.15) is 11.5 Å². The molecule has 0 aromatic carbocycles. The molecule has 0 aliphatic carbocycles. The Bertz CT molecular complexity index is 563. The first-order valence-corrected chi connectivity index (χ1v) is 11.4. The molecule has 0 amide bonds. The number of carbonyl (C=O) groups excluding carboxylic acids is 1. The number of furan rings is 1. The summed E-state index contributed by atoms with van der Waals surface area (Å²) < 4.78 is 17.2. The third-order valence-electron chi connectivity index (χ3n) is 4.89. The molecule has 0 radical (unpaired) electrons. The van der Waals surface area contributed by atoms with Gasteiger partial charge >= 0.3 is 5.97 Å². The van der Waals surface area contributed by atoms with E-state index in [4.69, 9.17) is 13.6 Å². The minimum absolute atomic E-state index is 0.361. The van der Waals surface area contributed by atoms with E-state index in [1.807, 2.05) is 13.0 Å². The van der Waals surface area contributed by atoms with E-state index in [0.29, 0.717) is 35.6 Å². The number of ether oxygens (including phenoxy) is 1. The monoisotopic (exact) mass is 366 g/mol. The van der Waals surface area contributed by atoms with Gasteiger partial charge in [0.15, 0.2) is 0 Å². The van der Waals surface area contributed by atoms with Crippen LogP contribution in [0.15, 0.2) is 16.6 Å². The highest BCUT2D eigenvalue weighted by atomic mass is 28.4. The van der Waals surface area contributed by atoms with E-state index in [-0.39, 0.29) is 5.97 Å². The standard InChI is InChI=1S/C20H34O4Si/c1-9-22-20(21)11-10-19-12-18(17(8)24-19)13-23-25(14(2)3,15(4)5)16(6)7/h10-12,14-16H,9,13H2,1-8H3/b11-10+. The smallest absolute Gasteiger partial charge is 0.330 e. The summed E-state index contributed by atoms with van der Waals surface area (Å²) >= 11 is 0. The first-order valence-electron chi connectivity index (χ1n) is 9.23. The van der Waals surface area contributed by atoms with Crippen molar-refractivity contribution < 1.29 is 18.4 Å². The summed E-state index contributed by atoms with van der Waals surface area (Å²) in [5.74, 6) is 1.12. The van der Waals surface area contributed by atoms with Gasteiger partial charge in [0.2, 0.25) is 8.32 Å². The number of hydrogen-bond donors (Lipinski definition) is 0. The summed E-state index contributed by atoms with van der Waals surface area (Å²) in [5.41, 5.74) is 2.68. The van der Waals surface area contributed by atoms with Gasteiger partial charge in [-0.3, -0.25) is 0 Å². The summed E-state index contributed by atoms with van der Waals surface area (Å²) in [4.78, 5) is 11.4. The predicted octanol–water partition coefficient (Wildman–Crippen LogP) is 5.86. The number of hydrogen-bond acceptors (Lipinski definition) is 4. The Balaban J connectivity index is 2.91. The number of rotatable bonds is 9. The van der Waals surface area contributed by atoms with Gasteiger partial charge < -0.3 is 13.6 Å². The average Bonchev–Trinajstić information content (AvgIpc) is 2.85. The maximum absolute atomic E-state index is 11.4. The zero-order valence-electron chi connectivity index (χ0n) is 17.0. The van der Waals surface area contributed by atoms with Gasteiger partial charge in [-0.15, -0.1) is 0 Å². The Morgan fingerprint density at radius 2 is 1.72 bits per heavy atom. The van der Waals surface area contributed by atoms with Gasteiger partial charge in [0.25, 0.3) is 0 Å². The van der Waals surface area contributed by atoms with Crippen LogP contribution < -0.4 is 0 Å². The molecule has 0 saturated carbocycles. The third kappa shape index (κ3) is 5.32. The average molecular weight is 367 g/mol. The van der Waals surface area contributed by atoms with E-state index in [1.165, 1.54) is 6.08 Å². The van der Waals surface area contributed by atoms with Crippen LogP contribution in [-0.2, 0) is 20.6 Å². The molecule has 0 saturated heterocycles. The van der Waals surface area contributed by atoms with Crippen molar-refractivity contribution in [3.05, 3.63) is 29.2 Å². The Morgan fingerprint density at radius 1 is 1.16 bits per heavy atom. The topological polar surface area (TPSA) is 48.7 Å². The highest BCUT2D eigenvalue weighted by Crippen LogP contribution is 2.42. The first-order chi connectivity index (χ1) is 11.6. The molecule has 0 fully saturated rings. The molecule has 0 aliphatic rings. The van der Waals surface area contributed by atoms with E-state index >= 15 is 0 Å². The van der Waals surface area contributed by atoms with Crippen LogP contribution in [0.3, 0.4) is 0 Å². The fourth-order valence-electron chi connectivity index (χ4n) is 3.81. The van der Waals surface area contributed by atoms with Crippen LogP contribution in [0.4, 0.5) is 0 Å². The van der Waals surface area contributed by atoms with Crippen LogP contribution in [0.25, 0.3) is 6.08 Å². The molecule has 1 aromatic heterocycles. The van der Waals surface area contributed by atoms with Crippen LogP contribution in [0.5, 0.6) is 0 Å². The fraction of sp³-hybridized carbons (Fsp3) is 0.650. The van der Waals surface area contributed by atoms with Crippen LogP contribution in [0.1, 0.15) is 65.6 Å². The van der Waals surface area contributed by atoms with Crippen molar-refractivity contribution in [1.82, 2.24) is 0 Å². The summed E-state index contributed by atoms with van der Waals surface area (Å²) in [6.45, 7) is 18.3. The second kappa shape index (κ2) is 9.39. The van der Waals surface area contributed by atoms with E-state index < -0.39 is 8.32 Å². The Hall–Kier alpha value is -1.33. The quantitative estimate of drug-likeness (QED) is 0.312. The molecule has 0 atom stereocenters. The van der Waals surface area contributed by atoms with E-state index in [2.05, 4.69) is 41.5 Å². The van der Waals surface area contributed by atoms with Crippen molar-refractivity contribution in [1.29, 1.82) is 0 Å². The Morgan fingerprint density at radius 3 is 2.20 bits per heavy atom. The highest BCUT2D eigenvalue weighted by Gasteiger charge is 2.45. The van der Waals surface area contributed by atoms with Gasteiger partial charge in [0.05, 0.1) is 13.2 Å². The molecule has 4 nitrogen and oxygen atoms in total. The molecular weight excluding hydrogens is 332 g/mol. The summed E-state index contributed by atoms with van der Waals surface area (Å²) in [7, 11) is -1.90. The second-order valence-corrected chi connectivity index (χ2v) is 12.9. The molecule has 0 aliphatic heterocycles. The number of carbonyl (C=O) groups is 1. The SMILES string of the molecule is CCOC(=O)/C=C/c1cc(CO[Si](C(C)C)(C(C)C)C(C)C)c(C)o1. The Kier molecular flexibility index (Phi) is 8.15. The van der Waals surface area contributed by atoms with Crippen LogP contribution >= 0.6 is 0 Å². The molecule has 142 valence electrons. The maximum Gasteiger partial charge on any atom is 0.330 e. The summed E-state index contributed by atoms with van der Waals surface area (Å²) in [6, 6.07) is 1.95.